The number of nitrogens with zero attached hydrogens (tertiary/aromatic N) is 2. The molecule has 1 aromatic heterocycles. The van der Waals surface area contributed by atoms with Crippen LogP contribution in [0, 0.1) is 6.92 Å². The van der Waals surface area contributed by atoms with Crippen molar-refractivity contribution >= 4 is 11.0 Å². The van der Waals surface area contributed by atoms with Crippen LogP contribution in [0.4, 0.5) is 0 Å². The molecule has 1 N–H and O–H groups in total. The number of aromatic nitrogens is 2. The van der Waals surface area contributed by atoms with Crippen molar-refractivity contribution in [3.05, 3.63) is 29.6 Å². The number of rotatable bonds is 6. The summed E-state index contributed by atoms with van der Waals surface area (Å²) in [7, 11) is 0. The van der Waals surface area contributed by atoms with E-state index < -0.39 is 0 Å². The van der Waals surface area contributed by atoms with Crippen LogP contribution in [0.5, 0.6) is 0 Å². The van der Waals surface area contributed by atoms with Gasteiger partial charge in [0, 0.05) is 25.6 Å². The molecule has 0 aliphatic carbocycles. The van der Waals surface area contributed by atoms with Gasteiger partial charge in [0.05, 0.1) is 11.0 Å². The first-order chi connectivity index (χ1) is 9.11. The second-order valence-electron chi connectivity index (χ2n) is 5.53. The second-order valence-corrected chi connectivity index (χ2v) is 5.53. The maximum absolute atomic E-state index is 4.81. The largest absolute Gasteiger partial charge is 0.328 e. The van der Waals surface area contributed by atoms with Gasteiger partial charge >= 0.3 is 0 Å². The van der Waals surface area contributed by atoms with Gasteiger partial charge in [0.25, 0.3) is 0 Å². The Hall–Kier alpha value is -1.35. The predicted octanol–water partition coefficient (Wildman–Crippen LogP) is 3.30. The standard InChI is InChI=1S/C16H25N3/c1-5-10-19-15-7-6-13(4)11-14(15)18-16(19)8-9-17-12(2)3/h6-7,11-12,17H,5,8-10H2,1-4H3. The minimum absolute atomic E-state index is 0.534. The van der Waals surface area contributed by atoms with Gasteiger partial charge < -0.3 is 9.88 Å². The lowest BCUT2D eigenvalue weighted by molar-refractivity contribution is 0.567. The molecule has 104 valence electrons. The van der Waals surface area contributed by atoms with Gasteiger partial charge in [-0.1, -0.05) is 26.8 Å². The molecule has 2 aromatic rings. The summed E-state index contributed by atoms with van der Waals surface area (Å²) in [4.78, 5) is 4.81. The Labute approximate surface area is 116 Å². The number of hydrogen-bond acceptors (Lipinski definition) is 2. The van der Waals surface area contributed by atoms with E-state index in [1.54, 1.807) is 0 Å². The van der Waals surface area contributed by atoms with E-state index in [4.69, 9.17) is 4.98 Å². The Morgan fingerprint density at radius 3 is 2.79 bits per heavy atom. The Kier molecular flexibility index (Phi) is 4.59. The third-order valence-electron chi connectivity index (χ3n) is 3.33. The van der Waals surface area contributed by atoms with E-state index >= 15 is 0 Å². The summed E-state index contributed by atoms with van der Waals surface area (Å²) >= 11 is 0. The predicted molar refractivity (Wildman–Crippen MR) is 81.6 cm³/mol. The fourth-order valence-corrected chi connectivity index (χ4v) is 2.43. The number of hydrogen-bond donors (Lipinski definition) is 1. The van der Waals surface area contributed by atoms with Crippen molar-refractivity contribution in [2.24, 2.45) is 0 Å². The molecule has 3 heteroatoms. The smallest absolute Gasteiger partial charge is 0.111 e. The lowest BCUT2D eigenvalue weighted by Gasteiger charge is -2.10. The summed E-state index contributed by atoms with van der Waals surface area (Å²) in [6.45, 7) is 10.7. The van der Waals surface area contributed by atoms with E-state index in [0.717, 1.165) is 31.4 Å². The van der Waals surface area contributed by atoms with Gasteiger partial charge in [0.1, 0.15) is 5.82 Å². The number of imidazole rings is 1. The molecule has 1 aromatic carbocycles. The van der Waals surface area contributed by atoms with Crippen molar-refractivity contribution in [2.75, 3.05) is 6.54 Å². The van der Waals surface area contributed by atoms with E-state index in [0.29, 0.717) is 6.04 Å². The van der Waals surface area contributed by atoms with Crippen LogP contribution >= 0.6 is 0 Å². The van der Waals surface area contributed by atoms with Crippen LogP contribution in [0.2, 0.25) is 0 Å². The molecule has 0 saturated heterocycles. The molecular formula is C16H25N3. The van der Waals surface area contributed by atoms with Crippen LogP contribution in [-0.4, -0.2) is 22.1 Å². The van der Waals surface area contributed by atoms with Gasteiger partial charge in [-0.2, -0.15) is 0 Å². The summed E-state index contributed by atoms with van der Waals surface area (Å²) in [5.41, 5.74) is 3.68. The molecule has 0 saturated carbocycles. The second kappa shape index (κ2) is 6.20. The third-order valence-corrected chi connectivity index (χ3v) is 3.33. The van der Waals surface area contributed by atoms with Crippen molar-refractivity contribution in [3.8, 4) is 0 Å². The Morgan fingerprint density at radius 1 is 1.32 bits per heavy atom. The molecular weight excluding hydrogens is 234 g/mol. The first-order valence-electron chi connectivity index (χ1n) is 7.31. The summed E-state index contributed by atoms with van der Waals surface area (Å²) in [6, 6.07) is 7.09. The van der Waals surface area contributed by atoms with Gasteiger partial charge in [-0.05, 0) is 31.0 Å². The first-order valence-corrected chi connectivity index (χ1v) is 7.31. The van der Waals surface area contributed by atoms with Crippen molar-refractivity contribution in [1.29, 1.82) is 0 Å². The van der Waals surface area contributed by atoms with E-state index in [1.165, 1.54) is 16.9 Å². The van der Waals surface area contributed by atoms with E-state index in [9.17, 15) is 0 Å². The molecule has 1 heterocycles. The van der Waals surface area contributed by atoms with Crippen LogP contribution in [-0.2, 0) is 13.0 Å². The van der Waals surface area contributed by atoms with Gasteiger partial charge in [0.2, 0.25) is 0 Å². The molecule has 0 bridgehead atoms. The van der Waals surface area contributed by atoms with Gasteiger partial charge in [-0.15, -0.1) is 0 Å². The van der Waals surface area contributed by atoms with Crippen LogP contribution in [0.3, 0.4) is 0 Å². The molecule has 3 nitrogen and oxygen atoms in total. The normalized spacial score (nSPS) is 11.6. The first kappa shape index (κ1) is 14.1. The van der Waals surface area contributed by atoms with Crippen LogP contribution < -0.4 is 5.32 Å². The van der Waals surface area contributed by atoms with Gasteiger partial charge in [0.15, 0.2) is 0 Å². The maximum atomic E-state index is 4.81. The molecule has 0 fully saturated rings. The zero-order valence-electron chi connectivity index (χ0n) is 12.5. The quantitative estimate of drug-likeness (QED) is 0.862. The lowest BCUT2D eigenvalue weighted by atomic mass is 10.2. The highest BCUT2D eigenvalue weighted by atomic mass is 15.1. The number of fused-ring (bicyclic) bond motifs is 1. The molecule has 19 heavy (non-hydrogen) atoms. The van der Waals surface area contributed by atoms with Crippen molar-refractivity contribution in [1.82, 2.24) is 14.9 Å². The molecule has 0 atom stereocenters. The fraction of sp³-hybridized carbons (Fsp3) is 0.562. The minimum atomic E-state index is 0.534. The van der Waals surface area contributed by atoms with E-state index in [2.05, 4.69) is 55.8 Å². The van der Waals surface area contributed by atoms with Crippen LogP contribution in [0.25, 0.3) is 11.0 Å². The third kappa shape index (κ3) is 3.35. The molecule has 0 aliphatic heterocycles. The summed E-state index contributed by atoms with van der Waals surface area (Å²) in [6.07, 6.45) is 2.13. The lowest BCUT2D eigenvalue weighted by Crippen LogP contribution is -2.25. The summed E-state index contributed by atoms with van der Waals surface area (Å²) in [5, 5.41) is 3.47. The zero-order chi connectivity index (χ0) is 13.8. The molecule has 0 amide bonds. The monoisotopic (exact) mass is 259 g/mol. The molecule has 0 aliphatic rings. The SMILES string of the molecule is CCCn1c(CCNC(C)C)nc2cc(C)ccc21. The van der Waals surface area contributed by atoms with Gasteiger partial charge in [-0.3, -0.25) is 0 Å². The van der Waals surface area contributed by atoms with Crippen molar-refractivity contribution in [3.63, 3.8) is 0 Å². The highest BCUT2D eigenvalue weighted by Gasteiger charge is 2.10. The van der Waals surface area contributed by atoms with Crippen molar-refractivity contribution < 1.29 is 0 Å². The summed E-state index contributed by atoms with van der Waals surface area (Å²) < 4.78 is 2.37. The fourth-order valence-electron chi connectivity index (χ4n) is 2.43. The Balaban J connectivity index is 2.27. The van der Waals surface area contributed by atoms with E-state index in [1.807, 2.05) is 0 Å². The van der Waals surface area contributed by atoms with Crippen LogP contribution in [0.1, 0.15) is 38.6 Å². The van der Waals surface area contributed by atoms with Crippen LogP contribution in [0.15, 0.2) is 18.2 Å². The average molecular weight is 259 g/mol. The minimum Gasteiger partial charge on any atom is -0.328 e. The molecule has 0 radical (unpaired) electrons. The maximum Gasteiger partial charge on any atom is 0.111 e. The number of aryl methyl sites for hydroxylation is 2. The topological polar surface area (TPSA) is 29.9 Å². The number of benzene rings is 1. The highest BCUT2D eigenvalue weighted by molar-refractivity contribution is 5.76. The molecule has 0 spiro atoms. The zero-order valence-corrected chi connectivity index (χ0v) is 12.5. The van der Waals surface area contributed by atoms with E-state index in [-0.39, 0.29) is 0 Å². The Bertz CT molecular complexity index is 540. The highest BCUT2D eigenvalue weighted by Crippen LogP contribution is 2.18. The number of nitrogens with one attached hydrogen (secondary N) is 1. The average Bonchev–Trinajstić information content (AvgIpc) is 2.67. The molecule has 0 unspecified atom stereocenters. The van der Waals surface area contributed by atoms with Crippen molar-refractivity contribution in [2.45, 2.75) is 53.1 Å². The summed E-state index contributed by atoms with van der Waals surface area (Å²) in [5.74, 6) is 1.20. The Morgan fingerprint density at radius 2 is 2.11 bits per heavy atom. The molecule has 2 rings (SSSR count). The van der Waals surface area contributed by atoms with Gasteiger partial charge in [-0.25, -0.2) is 4.98 Å².